The molecule has 2 N–H and O–H groups in total. The molecule has 0 saturated carbocycles. The number of rotatable bonds is 5. The number of halogens is 1. The molecule has 1 amide bonds. The van der Waals surface area contributed by atoms with Crippen LogP contribution in [0.3, 0.4) is 0 Å². The molecule has 0 radical (unpaired) electrons. The highest BCUT2D eigenvalue weighted by Gasteiger charge is 2.26. The molecule has 106 valence electrons. The van der Waals surface area contributed by atoms with E-state index in [1.807, 2.05) is 45.0 Å². The summed E-state index contributed by atoms with van der Waals surface area (Å²) in [6.45, 7) is 7.34. The van der Waals surface area contributed by atoms with Gasteiger partial charge in [0.2, 0.25) is 5.91 Å². The van der Waals surface area contributed by atoms with Gasteiger partial charge in [-0.15, -0.1) is 0 Å². The molecule has 0 aromatic heterocycles. The summed E-state index contributed by atoms with van der Waals surface area (Å²) in [7, 11) is 0. The Morgan fingerprint density at radius 1 is 1.32 bits per heavy atom. The number of carbonyl (C=O) groups is 1. The van der Waals surface area contributed by atoms with Crippen molar-refractivity contribution in [2.24, 2.45) is 0 Å². The largest absolute Gasteiger partial charge is 0.391 e. The summed E-state index contributed by atoms with van der Waals surface area (Å²) in [6, 6.07) is 7.98. The topological polar surface area (TPSA) is 49.3 Å². The van der Waals surface area contributed by atoms with Crippen LogP contribution in [0.15, 0.2) is 28.7 Å². The minimum absolute atomic E-state index is 0.0404. The standard InChI is InChI=1S/C15H22BrNO2/c1-10(12-5-7-13(16)8-6-12)9-14(19)17-15(3,4)11(2)18/h5-8,10-11,18H,9H2,1-4H3,(H,17,19). The number of hydrogen-bond donors (Lipinski definition) is 2. The van der Waals surface area contributed by atoms with Crippen molar-refractivity contribution in [3.05, 3.63) is 34.3 Å². The summed E-state index contributed by atoms with van der Waals surface area (Å²) in [5.41, 5.74) is 0.532. The number of nitrogens with one attached hydrogen (secondary N) is 1. The predicted octanol–water partition coefficient (Wildman–Crippen LogP) is 3.22. The van der Waals surface area contributed by atoms with Gasteiger partial charge in [-0.2, -0.15) is 0 Å². The average molecular weight is 328 g/mol. The van der Waals surface area contributed by atoms with Crippen molar-refractivity contribution < 1.29 is 9.90 Å². The van der Waals surface area contributed by atoms with Gasteiger partial charge in [-0.05, 0) is 44.4 Å². The first-order valence-corrected chi connectivity index (χ1v) is 7.26. The quantitative estimate of drug-likeness (QED) is 0.872. The highest BCUT2D eigenvalue weighted by molar-refractivity contribution is 9.10. The van der Waals surface area contributed by atoms with E-state index in [4.69, 9.17) is 0 Å². The highest BCUT2D eigenvalue weighted by atomic mass is 79.9. The molecule has 3 nitrogen and oxygen atoms in total. The van der Waals surface area contributed by atoms with Crippen molar-refractivity contribution in [2.75, 3.05) is 0 Å². The van der Waals surface area contributed by atoms with E-state index in [1.165, 1.54) is 0 Å². The minimum Gasteiger partial charge on any atom is -0.391 e. The molecule has 2 atom stereocenters. The Labute approximate surface area is 123 Å². The second-order valence-corrected chi connectivity index (χ2v) is 6.52. The van der Waals surface area contributed by atoms with Crippen molar-refractivity contribution in [3.63, 3.8) is 0 Å². The third-order valence-electron chi connectivity index (χ3n) is 3.44. The van der Waals surface area contributed by atoms with E-state index in [0.29, 0.717) is 6.42 Å². The average Bonchev–Trinajstić information content (AvgIpc) is 2.28. The van der Waals surface area contributed by atoms with Crippen molar-refractivity contribution in [3.8, 4) is 0 Å². The van der Waals surface area contributed by atoms with Gasteiger partial charge in [-0.3, -0.25) is 4.79 Å². The van der Waals surface area contributed by atoms with Crippen LogP contribution in [-0.4, -0.2) is 22.7 Å². The second-order valence-electron chi connectivity index (χ2n) is 5.60. The molecule has 0 saturated heterocycles. The Kier molecular flexibility index (Phi) is 5.56. The number of benzene rings is 1. The lowest BCUT2D eigenvalue weighted by molar-refractivity contribution is -0.124. The first kappa shape index (κ1) is 16.2. The molecule has 0 aliphatic carbocycles. The van der Waals surface area contributed by atoms with Gasteiger partial charge in [0.25, 0.3) is 0 Å². The zero-order chi connectivity index (χ0) is 14.6. The van der Waals surface area contributed by atoms with E-state index < -0.39 is 11.6 Å². The monoisotopic (exact) mass is 327 g/mol. The van der Waals surface area contributed by atoms with Crippen LogP contribution in [-0.2, 0) is 4.79 Å². The molecule has 1 aromatic carbocycles. The predicted molar refractivity (Wildman–Crippen MR) is 81.1 cm³/mol. The maximum atomic E-state index is 12.0. The summed E-state index contributed by atoms with van der Waals surface area (Å²) < 4.78 is 1.03. The Balaban J connectivity index is 2.60. The minimum atomic E-state index is -0.601. The van der Waals surface area contributed by atoms with Crippen molar-refractivity contribution >= 4 is 21.8 Å². The maximum absolute atomic E-state index is 12.0. The van der Waals surface area contributed by atoms with Crippen LogP contribution < -0.4 is 5.32 Å². The van der Waals surface area contributed by atoms with Gasteiger partial charge in [0.15, 0.2) is 0 Å². The summed E-state index contributed by atoms with van der Waals surface area (Å²) in [5, 5.41) is 12.5. The van der Waals surface area contributed by atoms with E-state index in [-0.39, 0.29) is 11.8 Å². The summed E-state index contributed by atoms with van der Waals surface area (Å²) in [5.74, 6) is 0.110. The molecule has 0 aliphatic heterocycles. The third-order valence-corrected chi connectivity index (χ3v) is 3.97. The van der Waals surface area contributed by atoms with Crippen LogP contribution in [0, 0.1) is 0 Å². The molecule has 0 bridgehead atoms. The lowest BCUT2D eigenvalue weighted by Gasteiger charge is -2.30. The van der Waals surface area contributed by atoms with Gasteiger partial charge in [-0.25, -0.2) is 0 Å². The maximum Gasteiger partial charge on any atom is 0.221 e. The zero-order valence-electron chi connectivity index (χ0n) is 11.9. The number of aliphatic hydroxyl groups excluding tert-OH is 1. The zero-order valence-corrected chi connectivity index (χ0v) is 13.5. The number of carbonyl (C=O) groups excluding carboxylic acids is 1. The number of aliphatic hydroxyl groups is 1. The van der Waals surface area contributed by atoms with Crippen molar-refractivity contribution in [2.45, 2.75) is 51.7 Å². The van der Waals surface area contributed by atoms with Crippen LogP contribution in [0.1, 0.15) is 45.6 Å². The van der Waals surface area contributed by atoms with Gasteiger partial charge in [0, 0.05) is 10.9 Å². The summed E-state index contributed by atoms with van der Waals surface area (Å²) in [6.07, 6.45) is -0.169. The first-order valence-electron chi connectivity index (χ1n) is 6.47. The first-order chi connectivity index (χ1) is 8.72. The fraction of sp³-hybridized carbons (Fsp3) is 0.533. The van der Waals surface area contributed by atoms with Crippen LogP contribution in [0.2, 0.25) is 0 Å². The molecule has 4 heteroatoms. The summed E-state index contributed by atoms with van der Waals surface area (Å²) >= 11 is 3.39. The Bertz CT molecular complexity index is 426. The second kappa shape index (κ2) is 6.53. The molecule has 0 spiro atoms. The molecule has 2 unspecified atom stereocenters. The van der Waals surface area contributed by atoms with Crippen molar-refractivity contribution in [1.82, 2.24) is 5.32 Å². The van der Waals surface area contributed by atoms with Crippen LogP contribution in [0.5, 0.6) is 0 Å². The molecular formula is C15H22BrNO2. The van der Waals surface area contributed by atoms with Crippen molar-refractivity contribution in [1.29, 1.82) is 0 Å². The molecule has 0 fully saturated rings. The van der Waals surface area contributed by atoms with Gasteiger partial charge in [0.1, 0.15) is 0 Å². The van der Waals surface area contributed by atoms with Crippen LogP contribution in [0.4, 0.5) is 0 Å². The van der Waals surface area contributed by atoms with E-state index >= 15 is 0 Å². The Morgan fingerprint density at radius 3 is 2.32 bits per heavy atom. The molecule has 1 rings (SSSR count). The smallest absolute Gasteiger partial charge is 0.221 e. The molecular weight excluding hydrogens is 306 g/mol. The Hall–Kier alpha value is -0.870. The van der Waals surface area contributed by atoms with Gasteiger partial charge >= 0.3 is 0 Å². The Morgan fingerprint density at radius 2 is 1.84 bits per heavy atom. The third kappa shape index (κ3) is 4.96. The normalized spacial score (nSPS) is 14.8. The molecule has 0 heterocycles. The van der Waals surface area contributed by atoms with E-state index in [0.717, 1.165) is 10.0 Å². The van der Waals surface area contributed by atoms with Gasteiger partial charge in [0.05, 0.1) is 11.6 Å². The number of hydrogen-bond acceptors (Lipinski definition) is 2. The van der Waals surface area contributed by atoms with E-state index in [1.54, 1.807) is 6.92 Å². The van der Waals surface area contributed by atoms with E-state index in [2.05, 4.69) is 21.2 Å². The van der Waals surface area contributed by atoms with Gasteiger partial charge in [-0.1, -0.05) is 35.0 Å². The fourth-order valence-electron chi connectivity index (χ4n) is 1.70. The van der Waals surface area contributed by atoms with Gasteiger partial charge < -0.3 is 10.4 Å². The molecule has 1 aromatic rings. The lowest BCUT2D eigenvalue weighted by atomic mass is 9.95. The lowest BCUT2D eigenvalue weighted by Crippen LogP contribution is -2.51. The number of amides is 1. The molecule has 0 aliphatic rings. The fourth-order valence-corrected chi connectivity index (χ4v) is 1.97. The van der Waals surface area contributed by atoms with Crippen LogP contribution in [0.25, 0.3) is 0 Å². The summed E-state index contributed by atoms with van der Waals surface area (Å²) in [4.78, 5) is 12.0. The SMILES string of the molecule is CC(CC(=O)NC(C)(C)C(C)O)c1ccc(Br)cc1. The van der Waals surface area contributed by atoms with Crippen LogP contribution >= 0.6 is 15.9 Å². The van der Waals surface area contributed by atoms with E-state index in [9.17, 15) is 9.90 Å². The molecule has 19 heavy (non-hydrogen) atoms. The highest BCUT2D eigenvalue weighted by Crippen LogP contribution is 2.21.